The van der Waals surface area contributed by atoms with Crippen LogP contribution in [0.5, 0.6) is 17.2 Å². The highest BCUT2D eigenvalue weighted by molar-refractivity contribution is 5.92. The van der Waals surface area contributed by atoms with Crippen molar-refractivity contribution in [3.8, 4) is 28.4 Å². The Balaban J connectivity index is 0.992. The number of aryl methyl sites for hydroxylation is 1. The molecule has 0 bridgehead atoms. The van der Waals surface area contributed by atoms with Crippen molar-refractivity contribution in [3.05, 3.63) is 77.9 Å². The molecule has 5 unspecified atom stereocenters. The van der Waals surface area contributed by atoms with Gasteiger partial charge in [0.05, 0.1) is 44.2 Å². The number of ether oxygens (including phenoxy) is 7. The van der Waals surface area contributed by atoms with Crippen molar-refractivity contribution >= 4 is 5.97 Å². The number of benzene rings is 3. The van der Waals surface area contributed by atoms with Gasteiger partial charge in [0.15, 0.2) is 12.6 Å². The fourth-order valence-corrected chi connectivity index (χ4v) is 6.38. The Labute approximate surface area is 285 Å². The summed E-state index contributed by atoms with van der Waals surface area (Å²) < 4.78 is 41.4. The van der Waals surface area contributed by atoms with Crippen LogP contribution in [0.3, 0.4) is 0 Å². The third-order valence-corrected chi connectivity index (χ3v) is 9.40. The molecule has 8 heteroatoms. The molecule has 258 valence electrons. The topological polar surface area (TPSA) is 85.0 Å². The smallest absolute Gasteiger partial charge is 0.343 e. The Morgan fingerprint density at radius 2 is 1.44 bits per heavy atom. The number of carbonyl (C=O) groups is 1. The Kier molecular flexibility index (Phi) is 11.4. The van der Waals surface area contributed by atoms with E-state index in [2.05, 4.69) is 20.8 Å². The predicted molar refractivity (Wildman–Crippen MR) is 183 cm³/mol. The Morgan fingerprint density at radius 3 is 2.04 bits per heavy atom. The van der Waals surface area contributed by atoms with E-state index in [1.54, 1.807) is 12.1 Å². The summed E-state index contributed by atoms with van der Waals surface area (Å²) >= 11 is 0. The van der Waals surface area contributed by atoms with Crippen molar-refractivity contribution in [2.24, 2.45) is 11.3 Å². The Bertz CT molecular complexity index is 1480. The van der Waals surface area contributed by atoms with Crippen LogP contribution in [0.25, 0.3) is 11.1 Å². The molecule has 0 N–H and O–H groups in total. The van der Waals surface area contributed by atoms with Gasteiger partial charge in [-0.2, -0.15) is 0 Å². The van der Waals surface area contributed by atoms with E-state index in [0.717, 1.165) is 67.6 Å². The first-order chi connectivity index (χ1) is 23.3. The van der Waals surface area contributed by atoms with Gasteiger partial charge in [-0.3, -0.25) is 0 Å². The van der Waals surface area contributed by atoms with Crippen molar-refractivity contribution in [3.63, 3.8) is 0 Å². The molecule has 2 saturated heterocycles. The average Bonchev–Trinajstić information content (AvgIpc) is 3.85. The molecule has 3 aromatic carbocycles. The zero-order valence-corrected chi connectivity index (χ0v) is 28.8. The fourth-order valence-electron chi connectivity index (χ4n) is 6.38. The standard InChI is InChI=1S/C40H50O8/c1-5-7-37(43-23-28-9-20-35-36(22-28)48-35)45-31-14-10-29(11-15-31)30-12-16-32(17-13-30)47-39(41)34-19-18-33(21-27(34)3)46-38(8-6-2)44-26-40(4)24-42-25-40/h10-19,21,28,35-38H,5-9,20,22-26H2,1-4H3. The lowest BCUT2D eigenvalue weighted by Gasteiger charge is -2.38. The van der Waals surface area contributed by atoms with Crippen molar-refractivity contribution in [2.45, 2.75) is 97.4 Å². The lowest BCUT2D eigenvalue weighted by Crippen LogP contribution is -2.44. The van der Waals surface area contributed by atoms with Crippen LogP contribution >= 0.6 is 0 Å². The second kappa shape index (κ2) is 15.9. The predicted octanol–water partition coefficient (Wildman–Crippen LogP) is 8.53. The van der Waals surface area contributed by atoms with Crippen LogP contribution in [0, 0.1) is 18.3 Å². The van der Waals surface area contributed by atoms with Gasteiger partial charge in [0, 0.05) is 18.3 Å². The van der Waals surface area contributed by atoms with E-state index in [0.29, 0.717) is 55.0 Å². The second-order valence-corrected chi connectivity index (χ2v) is 13.9. The second-order valence-electron chi connectivity index (χ2n) is 13.9. The molecule has 5 atom stereocenters. The van der Waals surface area contributed by atoms with Gasteiger partial charge in [0.1, 0.15) is 17.2 Å². The van der Waals surface area contributed by atoms with Gasteiger partial charge in [0.2, 0.25) is 0 Å². The minimum atomic E-state index is -0.412. The molecule has 3 fully saturated rings. The quantitative estimate of drug-likeness (QED) is 0.0618. The van der Waals surface area contributed by atoms with Gasteiger partial charge in [-0.1, -0.05) is 57.9 Å². The number of esters is 1. The third-order valence-electron chi connectivity index (χ3n) is 9.40. The monoisotopic (exact) mass is 658 g/mol. The zero-order valence-electron chi connectivity index (χ0n) is 28.8. The first-order valence-corrected chi connectivity index (χ1v) is 17.6. The van der Waals surface area contributed by atoms with Crippen molar-refractivity contribution in [1.82, 2.24) is 0 Å². The van der Waals surface area contributed by atoms with Crippen LogP contribution < -0.4 is 14.2 Å². The summed E-state index contributed by atoms with van der Waals surface area (Å²) in [6, 6.07) is 21.0. The van der Waals surface area contributed by atoms with E-state index in [4.69, 9.17) is 33.2 Å². The van der Waals surface area contributed by atoms with Crippen LogP contribution in [0.1, 0.15) is 81.6 Å². The highest BCUT2D eigenvalue weighted by atomic mass is 16.7. The molecule has 0 radical (unpaired) electrons. The van der Waals surface area contributed by atoms with E-state index in [9.17, 15) is 4.79 Å². The maximum absolute atomic E-state index is 13.1. The maximum Gasteiger partial charge on any atom is 0.343 e. The molecule has 2 heterocycles. The van der Waals surface area contributed by atoms with E-state index in [-0.39, 0.29) is 18.0 Å². The number of hydrogen-bond donors (Lipinski definition) is 0. The molecule has 8 nitrogen and oxygen atoms in total. The van der Waals surface area contributed by atoms with Gasteiger partial charge < -0.3 is 33.2 Å². The molecule has 1 saturated carbocycles. The molecule has 2 aliphatic heterocycles. The minimum absolute atomic E-state index is 0.0507. The van der Waals surface area contributed by atoms with Crippen LogP contribution in [-0.2, 0) is 18.9 Å². The molecule has 3 aromatic rings. The minimum Gasteiger partial charge on any atom is -0.465 e. The van der Waals surface area contributed by atoms with Gasteiger partial charge >= 0.3 is 5.97 Å². The lowest BCUT2D eigenvalue weighted by molar-refractivity contribution is -0.179. The van der Waals surface area contributed by atoms with Gasteiger partial charge in [-0.05, 0) is 91.3 Å². The molecular formula is C40H50O8. The molecule has 3 aliphatic rings. The summed E-state index contributed by atoms with van der Waals surface area (Å²) in [5.41, 5.74) is 3.37. The largest absolute Gasteiger partial charge is 0.465 e. The third kappa shape index (κ3) is 9.17. The highest BCUT2D eigenvalue weighted by Gasteiger charge is 2.44. The van der Waals surface area contributed by atoms with E-state index >= 15 is 0 Å². The summed E-state index contributed by atoms with van der Waals surface area (Å²) in [6.45, 7) is 11.0. The van der Waals surface area contributed by atoms with Crippen LogP contribution in [0.2, 0.25) is 0 Å². The number of hydrogen-bond acceptors (Lipinski definition) is 8. The van der Waals surface area contributed by atoms with Gasteiger partial charge in [-0.15, -0.1) is 0 Å². The normalized spacial score (nSPS) is 22.1. The van der Waals surface area contributed by atoms with Crippen LogP contribution in [0.15, 0.2) is 66.7 Å². The van der Waals surface area contributed by atoms with Gasteiger partial charge in [0.25, 0.3) is 0 Å². The highest BCUT2D eigenvalue weighted by Crippen LogP contribution is 2.39. The summed E-state index contributed by atoms with van der Waals surface area (Å²) in [5.74, 6) is 2.07. The first kappa shape index (κ1) is 34.4. The van der Waals surface area contributed by atoms with Gasteiger partial charge in [-0.25, -0.2) is 4.79 Å². The molecule has 0 aromatic heterocycles. The number of carbonyl (C=O) groups excluding carboxylic acids is 1. The Morgan fingerprint density at radius 1 is 0.812 bits per heavy atom. The summed E-state index contributed by atoms with van der Waals surface area (Å²) in [7, 11) is 0. The Hall–Kier alpha value is -3.43. The number of rotatable bonds is 17. The van der Waals surface area contributed by atoms with E-state index in [1.807, 2.05) is 61.5 Å². The average molecular weight is 659 g/mol. The molecule has 0 spiro atoms. The molecule has 0 amide bonds. The zero-order chi connectivity index (χ0) is 33.5. The van der Waals surface area contributed by atoms with Crippen molar-refractivity contribution in [1.29, 1.82) is 0 Å². The molecular weight excluding hydrogens is 608 g/mol. The fraction of sp³-hybridized carbons (Fsp3) is 0.525. The SMILES string of the molecule is CCCC(OCC1CCC2OC2C1)Oc1ccc(-c2ccc(OC(=O)c3ccc(OC(CCC)OCC4(C)COC4)cc3C)cc2)cc1. The van der Waals surface area contributed by atoms with Crippen molar-refractivity contribution < 1.29 is 38.0 Å². The number of fused-ring (bicyclic) bond motifs is 1. The lowest BCUT2D eigenvalue weighted by atomic mass is 9.90. The van der Waals surface area contributed by atoms with Crippen LogP contribution in [0.4, 0.5) is 0 Å². The maximum atomic E-state index is 13.1. The van der Waals surface area contributed by atoms with E-state index in [1.165, 1.54) is 6.42 Å². The van der Waals surface area contributed by atoms with Crippen LogP contribution in [-0.4, -0.2) is 57.2 Å². The van der Waals surface area contributed by atoms with E-state index < -0.39 is 5.97 Å². The molecule has 48 heavy (non-hydrogen) atoms. The summed E-state index contributed by atoms with van der Waals surface area (Å²) in [4.78, 5) is 13.1. The first-order valence-electron chi connectivity index (χ1n) is 17.6. The summed E-state index contributed by atoms with van der Waals surface area (Å²) in [5, 5.41) is 0. The molecule has 1 aliphatic carbocycles. The molecule has 6 rings (SSSR count). The summed E-state index contributed by atoms with van der Waals surface area (Å²) in [6.07, 6.45) is 7.33. The van der Waals surface area contributed by atoms with Crippen molar-refractivity contribution in [2.75, 3.05) is 26.4 Å². The number of epoxide rings is 1.